The predicted octanol–water partition coefficient (Wildman–Crippen LogP) is 1.58. The van der Waals surface area contributed by atoms with Gasteiger partial charge in [0.15, 0.2) is 5.82 Å². The number of aliphatic hydroxyl groups is 1. The van der Waals surface area contributed by atoms with Gasteiger partial charge in [-0.25, -0.2) is 13.8 Å². The van der Waals surface area contributed by atoms with Gasteiger partial charge in [-0.2, -0.15) is 0 Å². The zero-order chi connectivity index (χ0) is 12.6. The summed E-state index contributed by atoms with van der Waals surface area (Å²) < 4.78 is 26.8. The maximum Gasteiger partial charge on any atom is 0.273 e. The van der Waals surface area contributed by atoms with Crippen molar-refractivity contribution in [3.63, 3.8) is 0 Å². The third kappa shape index (κ3) is 1.91. The molecule has 6 heteroatoms. The van der Waals surface area contributed by atoms with Crippen LogP contribution in [0.2, 0.25) is 0 Å². The van der Waals surface area contributed by atoms with Crippen molar-refractivity contribution in [2.45, 2.75) is 19.7 Å². The van der Waals surface area contributed by atoms with E-state index in [2.05, 4.69) is 9.97 Å². The maximum absolute atomic E-state index is 13.7. The van der Waals surface area contributed by atoms with Crippen molar-refractivity contribution in [1.82, 2.24) is 9.97 Å². The Bertz CT molecular complexity index is 623. The highest BCUT2D eigenvalue weighted by atomic mass is 19.1. The molecule has 1 aromatic heterocycles. The first-order chi connectivity index (χ1) is 8.04. The van der Waals surface area contributed by atoms with Crippen LogP contribution in [0.1, 0.15) is 24.4 Å². The molecule has 0 amide bonds. The van der Waals surface area contributed by atoms with Gasteiger partial charge in [0.05, 0.1) is 12.1 Å². The van der Waals surface area contributed by atoms with Crippen molar-refractivity contribution in [2.75, 3.05) is 0 Å². The summed E-state index contributed by atoms with van der Waals surface area (Å²) in [6.45, 7) is 0.701. The first-order valence-electron chi connectivity index (χ1n) is 5.01. The van der Waals surface area contributed by atoms with E-state index >= 15 is 0 Å². The molecule has 0 aliphatic carbocycles. The van der Waals surface area contributed by atoms with Crippen LogP contribution in [0, 0.1) is 5.82 Å². The number of fused-ring (bicyclic) bond motifs is 1. The predicted molar refractivity (Wildman–Crippen MR) is 57.8 cm³/mol. The van der Waals surface area contributed by atoms with E-state index in [1.807, 2.05) is 0 Å². The fourth-order valence-electron chi connectivity index (χ4n) is 1.57. The van der Waals surface area contributed by atoms with E-state index in [1.165, 1.54) is 19.1 Å². The highest BCUT2D eigenvalue weighted by Gasteiger charge is 2.14. The SMILES string of the molecule is CC(F)c1nc2ccc(CO)c(F)c2[nH]c1=O. The van der Waals surface area contributed by atoms with Crippen molar-refractivity contribution in [3.8, 4) is 0 Å². The molecular weight excluding hydrogens is 230 g/mol. The van der Waals surface area contributed by atoms with E-state index in [4.69, 9.17) is 5.11 Å². The number of rotatable bonds is 2. The van der Waals surface area contributed by atoms with Crippen LogP contribution in [-0.4, -0.2) is 15.1 Å². The van der Waals surface area contributed by atoms with Crippen molar-refractivity contribution >= 4 is 11.0 Å². The van der Waals surface area contributed by atoms with Crippen LogP contribution in [0.5, 0.6) is 0 Å². The third-order valence-electron chi connectivity index (χ3n) is 2.46. The molecule has 17 heavy (non-hydrogen) atoms. The normalized spacial score (nSPS) is 12.9. The first-order valence-corrected chi connectivity index (χ1v) is 5.01. The van der Waals surface area contributed by atoms with Crippen LogP contribution in [0.15, 0.2) is 16.9 Å². The molecule has 0 saturated carbocycles. The zero-order valence-electron chi connectivity index (χ0n) is 9.00. The standard InChI is InChI=1S/C11H10F2N2O2/c1-5(12)9-11(17)15-10-7(14-9)3-2-6(4-16)8(10)13/h2-3,5,16H,4H2,1H3,(H,15,17). The molecule has 2 aromatic rings. The maximum atomic E-state index is 13.7. The van der Waals surface area contributed by atoms with Gasteiger partial charge >= 0.3 is 0 Å². The summed E-state index contributed by atoms with van der Waals surface area (Å²) >= 11 is 0. The minimum atomic E-state index is -1.52. The molecule has 0 bridgehead atoms. The smallest absolute Gasteiger partial charge is 0.273 e. The lowest BCUT2D eigenvalue weighted by atomic mass is 10.2. The lowest BCUT2D eigenvalue weighted by molar-refractivity contribution is 0.276. The fraction of sp³-hybridized carbons (Fsp3) is 0.273. The highest BCUT2D eigenvalue weighted by Crippen LogP contribution is 2.18. The highest BCUT2D eigenvalue weighted by molar-refractivity contribution is 5.75. The summed E-state index contributed by atoms with van der Waals surface area (Å²) in [7, 11) is 0. The van der Waals surface area contributed by atoms with Crippen LogP contribution >= 0.6 is 0 Å². The molecule has 0 saturated heterocycles. The summed E-state index contributed by atoms with van der Waals surface area (Å²) in [6, 6.07) is 2.77. The summed E-state index contributed by atoms with van der Waals surface area (Å²) in [5.41, 5.74) is -0.962. The second-order valence-corrected chi connectivity index (χ2v) is 3.66. The lowest BCUT2D eigenvalue weighted by Gasteiger charge is -2.06. The van der Waals surface area contributed by atoms with Crippen molar-refractivity contribution in [2.24, 2.45) is 0 Å². The van der Waals surface area contributed by atoms with Gasteiger partial charge in [-0.15, -0.1) is 0 Å². The van der Waals surface area contributed by atoms with Crippen molar-refractivity contribution in [1.29, 1.82) is 0 Å². The van der Waals surface area contributed by atoms with Gasteiger partial charge in [-0.1, -0.05) is 6.07 Å². The molecule has 1 unspecified atom stereocenters. The monoisotopic (exact) mass is 240 g/mol. The molecule has 2 rings (SSSR count). The van der Waals surface area contributed by atoms with Gasteiger partial charge in [-0.05, 0) is 13.0 Å². The Kier molecular flexibility index (Phi) is 2.89. The number of aromatic nitrogens is 2. The minimum Gasteiger partial charge on any atom is -0.392 e. The lowest BCUT2D eigenvalue weighted by Crippen LogP contribution is -2.16. The van der Waals surface area contributed by atoms with Gasteiger partial charge in [0, 0.05) is 5.56 Å². The van der Waals surface area contributed by atoms with Gasteiger partial charge < -0.3 is 10.1 Å². The summed E-state index contributed by atoms with van der Waals surface area (Å²) in [4.78, 5) is 17.4. The van der Waals surface area contributed by atoms with Gasteiger partial charge in [0.1, 0.15) is 17.4 Å². The Morgan fingerprint density at radius 2 is 2.24 bits per heavy atom. The number of halogens is 2. The van der Waals surface area contributed by atoms with Crippen LogP contribution in [0.3, 0.4) is 0 Å². The second kappa shape index (κ2) is 4.21. The Hall–Kier alpha value is -1.82. The first kappa shape index (κ1) is 11.7. The number of alkyl halides is 1. The van der Waals surface area contributed by atoms with Crippen molar-refractivity contribution < 1.29 is 13.9 Å². The number of hydrogen-bond donors (Lipinski definition) is 2. The van der Waals surface area contributed by atoms with E-state index < -0.39 is 24.2 Å². The Morgan fingerprint density at radius 3 is 2.82 bits per heavy atom. The Balaban J connectivity index is 2.79. The molecule has 0 aliphatic heterocycles. The van der Waals surface area contributed by atoms with Crippen LogP contribution < -0.4 is 5.56 Å². The van der Waals surface area contributed by atoms with E-state index in [1.54, 1.807) is 0 Å². The van der Waals surface area contributed by atoms with Gasteiger partial charge in [-0.3, -0.25) is 4.79 Å². The van der Waals surface area contributed by atoms with E-state index in [9.17, 15) is 13.6 Å². The molecule has 0 aliphatic rings. The minimum absolute atomic E-state index is 0.0518. The number of aliphatic hydroxyl groups excluding tert-OH is 1. The van der Waals surface area contributed by atoms with E-state index in [0.29, 0.717) is 0 Å². The number of hydrogen-bond acceptors (Lipinski definition) is 3. The summed E-state index contributed by atoms with van der Waals surface area (Å²) in [5, 5.41) is 8.88. The molecule has 0 radical (unpaired) electrons. The topological polar surface area (TPSA) is 66.0 Å². The average molecular weight is 240 g/mol. The molecule has 1 atom stereocenters. The number of aromatic amines is 1. The zero-order valence-corrected chi connectivity index (χ0v) is 9.00. The molecule has 4 nitrogen and oxygen atoms in total. The van der Waals surface area contributed by atoms with Crippen LogP contribution in [0.25, 0.3) is 11.0 Å². The molecule has 1 aromatic carbocycles. The Labute approximate surface area is 94.9 Å². The molecule has 1 heterocycles. The Morgan fingerprint density at radius 1 is 1.53 bits per heavy atom. The van der Waals surface area contributed by atoms with Crippen LogP contribution in [0.4, 0.5) is 8.78 Å². The van der Waals surface area contributed by atoms with Crippen molar-refractivity contribution in [3.05, 3.63) is 39.6 Å². The van der Waals surface area contributed by atoms with E-state index in [0.717, 1.165) is 0 Å². The molecule has 2 N–H and O–H groups in total. The summed E-state index contributed by atoms with van der Waals surface area (Å²) in [6.07, 6.45) is -1.52. The van der Waals surface area contributed by atoms with E-state index in [-0.39, 0.29) is 22.3 Å². The number of benzene rings is 1. The average Bonchev–Trinajstić information content (AvgIpc) is 2.29. The second-order valence-electron chi connectivity index (χ2n) is 3.66. The molecule has 0 fully saturated rings. The number of H-pyrrole nitrogens is 1. The van der Waals surface area contributed by atoms with Crippen LogP contribution in [-0.2, 0) is 6.61 Å². The summed E-state index contributed by atoms with van der Waals surface area (Å²) in [5.74, 6) is -0.743. The molecule has 90 valence electrons. The number of nitrogens with zero attached hydrogens (tertiary/aromatic N) is 1. The fourth-order valence-corrected chi connectivity index (χ4v) is 1.57. The largest absolute Gasteiger partial charge is 0.392 e. The quantitative estimate of drug-likeness (QED) is 0.837. The number of nitrogens with one attached hydrogen (secondary N) is 1. The molecular formula is C11H10F2N2O2. The van der Waals surface area contributed by atoms with Gasteiger partial charge in [0.25, 0.3) is 5.56 Å². The third-order valence-corrected chi connectivity index (χ3v) is 2.46. The molecule has 0 spiro atoms. The van der Waals surface area contributed by atoms with Gasteiger partial charge in [0.2, 0.25) is 0 Å².